The Balaban J connectivity index is 0.000000192. The highest BCUT2D eigenvalue weighted by molar-refractivity contribution is 6.30. The van der Waals surface area contributed by atoms with Crippen LogP contribution in [0.1, 0.15) is 64.1 Å². The van der Waals surface area contributed by atoms with E-state index in [1.165, 1.54) is 24.5 Å². The van der Waals surface area contributed by atoms with Crippen molar-refractivity contribution < 1.29 is 35.9 Å². The molecule has 1 fully saturated rings. The number of anilines is 2. The van der Waals surface area contributed by atoms with Crippen LogP contribution in [0.5, 0.6) is 5.75 Å². The van der Waals surface area contributed by atoms with Gasteiger partial charge < -0.3 is 20.3 Å². The van der Waals surface area contributed by atoms with Crippen molar-refractivity contribution in [3.05, 3.63) is 179 Å². The maximum Gasteiger partial charge on any atom is 0.573 e. The second-order valence-corrected chi connectivity index (χ2v) is 16.2. The highest BCUT2D eigenvalue weighted by Crippen LogP contribution is 2.33. The summed E-state index contributed by atoms with van der Waals surface area (Å²) in [6, 6.07) is 35.5. The molecule has 0 aliphatic carbocycles. The molecule has 0 radical (unpaired) electrons. The molecule has 1 saturated heterocycles. The van der Waals surface area contributed by atoms with Gasteiger partial charge in [-0.1, -0.05) is 79.2 Å². The molecule has 5 heterocycles. The number of fused-ring (bicyclic) bond motifs is 2. The summed E-state index contributed by atoms with van der Waals surface area (Å²) in [5.41, 5.74) is 7.37. The van der Waals surface area contributed by atoms with Gasteiger partial charge in [0.1, 0.15) is 29.2 Å². The van der Waals surface area contributed by atoms with Gasteiger partial charge in [0.25, 0.3) is 5.91 Å². The van der Waals surface area contributed by atoms with Crippen molar-refractivity contribution in [2.45, 2.75) is 57.7 Å². The molecule has 0 atom stereocenters. The summed E-state index contributed by atoms with van der Waals surface area (Å²) in [6.07, 6.45) is -2.56. The van der Waals surface area contributed by atoms with Crippen molar-refractivity contribution in [1.29, 1.82) is 0 Å². The monoisotopic (exact) mass is 936 g/mol. The highest BCUT2D eigenvalue weighted by Gasteiger charge is 2.32. The standard InChI is InChI=1S/C29H28ClF3N4O2.C21H15F3N4/c1-2-25-27(37-18-22(30)7-12-26(37)35-25)28(38)34-17-19-3-8-23(9-4-19)36-15-13-21(14-16-36)20-5-10-24(11-6-20)39-29(31,32)33;22-21(23,24)16-9-10-18(25-12-16)15-7-5-14(6-8-15)11-26-20-17-3-1-2-4-19(17)27-13-28-20/h3-12,18,21H,2,13-17H2,1H3,(H,34,38);1-10,12-13H,11H2,(H,26,27,28). The minimum absolute atomic E-state index is 0.200. The molecule has 4 aromatic carbocycles. The summed E-state index contributed by atoms with van der Waals surface area (Å²) < 4.78 is 80.8. The van der Waals surface area contributed by atoms with Crippen LogP contribution in [0.15, 0.2) is 140 Å². The Morgan fingerprint density at radius 1 is 0.791 bits per heavy atom. The molecule has 1 amide bonds. The van der Waals surface area contributed by atoms with E-state index in [0.29, 0.717) is 41.6 Å². The molecular formula is C50H43ClF6N8O2. The average molecular weight is 937 g/mol. The number of alkyl halides is 6. The SMILES string of the molecule is CCc1nc2ccc(Cl)cn2c1C(=O)NCc1ccc(N2CCC(c3ccc(OC(F)(F)F)cc3)CC2)cc1.FC(F)(F)c1ccc(-c2ccc(CNc3ncnc4ccccc34)cc2)nc1. The number of piperidine rings is 1. The number of aryl methyl sites for hydroxylation is 1. The predicted molar refractivity (Wildman–Crippen MR) is 246 cm³/mol. The topological polar surface area (TPSA) is 110 Å². The van der Waals surface area contributed by atoms with Gasteiger partial charge in [-0.05, 0) is 103 Å². The molecule has 0 saturated carbocycles. The van der Waals surface area contributed by atoms with Gasteiger partial charge in [0.15, 0.2) is 0 Å². The van der Waals surface area contributed by atoms with Crippen LogP contribution in [0.4, 0.5) is 37.8 Å². The molecule has 0 unspecified atom stereocenters. The van der Waals surface area contributed by atoms with E-state index in [-0.39, 0.29) is 17.6 Å². The van der Waals surface area contributed by atoms with Crippen LogP contribution in [0.3, 0.4) is 0 Å². The smallest absolute Gasteiger partial charge is 0.406 e. The fourth-order valence-electron chi connectivity index (χ4n) is 7.91. The van der Waals surface area contributed by atoms with Gasteiger partial charge in [-0.3, -0.25) is 14.2 Å². The molecule has 67 heavy (non-hydrogen) atoms. The van der Waals surface area contributed by atoms with E-state index in [4.69, 9.17) is 11.6 Å². The first-order valence-electron chi connectivity index (χ1n) is 21.4. The summed E-state index contributed by atoms with van der Waals surface area (Å²) in [7, 11) is 0. The zero-order valence-electron chi connectivity index (χ0n) is 36.0. The van der Waals surface area contributed by atoms with E-state index < -0.39 is 18.1 Å². The molecule has 344 valence electrons. The van der Waals surface area contributed by atoms with Gasteiger partial charge in [-0.2, -0.15) is 13.2 Å². The largest absolute Gasteiger partial charge is 0.573 e. The Hall–Kier alpha value is -7.20. The van der Waals surface area contributed by atoms with E-state index in [0.717, 1.165) is 88.6 Å². The second kappa shape index (κ2) is 20.1. The van der Waals surface area contributed by atoms with E-state index >= 15 is 0 Å². The minimum Gasteiger partial charge on any atom is -0.406 e. The number of nitrogens with zero attached hydrogens (tertiary/aromatic N) is 6. The Kier molecular flexibility index (Phi) is 13.9. The second-order valence-electron chi connectivity index (χ2n) is 15.8. The maximum atomic E-state index is 13.0. The number of rotatable bonds is 11. The quantitative estimate of drug-likeness (QED) is 0.123. The first-order chi connectivity index (χ1) is 32.2. The summed E-state index contributed by atoms with van der Waals surface area (Å²) in [5.74, 6) is 0.636. The number of carbonyl (C=O) groups excluding carboxylic acids is 1. The van der Waals surface area contributed by atoms with Crippen LogP contribution < -0.4 is 20.3 Å². The molecule has 1 aliphatic heterocycles. The molecule has 17 heteroatoms. The molecule has 2 N–H and O–H groups in total. The van der Waals surface area contributed by atoms with Crippen molar-refractivity contribution in [2.24, 2.45) is 0 Å². The van der Waals surface area contributed by atoms with Gasteiger partial charge in [0, 0.05) is 55.2 Å². The zero-order chi connectivity index (χ0) is 47.1. The van der Waals surface area contributed by atoms with Crippen LogP contribution in [0.2, 0.25) is 5.02 Å². The average Bonchev–Trinajstić information content (AvgIpc) is 3.70. The van der Waals surface area contributed by atoms with Crippen molar-refractivity contribution in [2.75, 3.05) is 23.3 Å². The lowest BCUT2D eigenvalue weighted by Gasteiger charge is -2.34. The number of hydrogen-bond acceptors (Lipinski definition) is 8. The predicted octanol–water partition coefficient (Wildman–Crippen LogP) is 12.1. The fourth-order valence-corrected chi connectivity index (χ4v) is 8.08. The molecule has 4 aromatic heterocycles. The van der Waals surface area contributed by atoms with E-state index in [9.17, 15) is 31.1 Å². The van der Waals surface area contributed by atoms with Crippen molar-refractivity contribution in [1.82, 2.24) is 29.7 Å². The number of ether oxygens (including phenoxy) is 1. The van der Waals surface area contributed by atoms with Gasteiger partial charge in [-0.15, -0.1) is 13.2 Å². The number of hydrogen-bond donors (Lipinski definition) is 2. The van der Waals surface area contributed by atoms with Crippen LogP contribution in [-0.2, 0) is 25.7 Å². The Morgan fingerprint density at radius 2 is 1.49 bits per heavy atom. The molecule has 9 rings (SSSR count). The Labute approximate surface area is 386 Å². The minimum atomic E-state index is -4.68. The third kappa shape index (κ3) is 11.6. The van der Waals surface area contributed by atoms with Crippen LogP contribution in [-0.4, -0.2) is 49.7 Å². The molecule has 1 aliphatic rings. The summed E-state index contributed by atoms with van der Waals surface area (Å²) in [5, 5.41) is 7.77. The number of nitrogens with one attached hydrogen (secondary N) is 2. The van der Waals surface area contributed by atoms with E-state index in [1.54, 1.807) is 34.9 Å². The molecule has 8 aromatic rings. The van der Waals surface area contributed by atoms with E-state index in [2.05, 4.69) is 52.3 Å². The number of benzene rings is 4. The van der Waals surface area contributed by atoms with Crippen molar-refractivity contribution in [3.63, 3.8) is 0 Å². The number of carbonyl (C=O) groups is 1. The number of imidazole rings is 1. The fraction of sp³-hybridized carbons (Fsp3) is 0.220. The lowest BCUT2D eigenvalue weighted by atomic mass is 9.89. The third-order valence-corrected chi connectivity index (χ3v) is 11.6. The summed E-state index contributed by atoms with van der Waals surface area (Å²) in [4.78, 5) is 32.3. The maximum absolute atomic E-state index is 13.0. The normalized spacial score (nSPS) is 13.3. The number of halogens is 7. The lowest BCUT2D eigenvalue weighted by Crippen LogP contribution is -2.32. The number of pyridine rings is 2. The molecule has 0 bridgehead atoms. The highest BCUT2D eigenvalue weighted by atomic mass is 35.5. The first kappa shape index (κ1) is 46.3. The van der Waals surface area contributed by atoms with Gasteiger partial charge in [0.2, 0.25) is 0 Å². The van der Waals surface area contributed by atoms with Crippen LogP contribution >= 0.6 is 11.6 Å². The van der Waals surface area contributed by atoms with Crippen LogP contribution in [0, 0.1) is 0 Å². The first-order valence-corrected chi connectivity index (χ1v) is 21.8. The molecule has 0 spiro atoms. The molecule has 10 nitrogen and oxygen atoms in total. The number of para-hydroxylation sites is 1. The molecular weight excluding hydrogens is 894 g/mol. The number of aromatic nitrogens is 5. The summed E-state index contributed by atoms with van der Waals surface area (Å²) in [6.45, 7) is 4.59. The zero-order valence-corrected chi connectivity index (χ0v) is 36.7. The van der Waals surface area contributed by atoms with E-state index in [1.807, 2.05) is 67.6 Å². The lowest BCUT2D eigenvalue weighted by molar-refractivity contribution is -0.274. The van der Waals surface area contributed by atoms with Crippen molar-refractivity contribution >= 4 is 45.6 Å². The van der Waals surface area contributed by atoms with Gasteiger partial charge in [-0.25, -0.2) is 15.0 Å². The number of amides is 1. The van der Waals surface area contributed by atoms with Gasteiger partial charge in [0.05, 0.1) is 27.5 Å². The Morgan fingerprint density at radius 3 is 2.16 bits per heavy atom. The summed E-state index contributed by atoms with van der Waals surface area (Å²) >= 11 is 6.14. The van der Waals surface area contributed by atoms with Crippen molar-refractivity contribution in [3.8, 4) is 17.0 Å². The van der Waals surface area contributed by atoms with Crippen LogP contribution in [0.25, 0.3) is 27.8 Å². The third-order valence-electron chi connectivity index (χ3n) is 11.4. The Bertz CT molecular complexity index is 2930. The van der Waals surface area contributed by atoms with Gasteiger partial charge >= 0.3 is 12.5 Å².